The molecule has 8 heteroatoms. The number of carboxylic acid groups (broad SMARTS) is 1. The first-order valence-electron chi connectivity index (χ1n) is 6.32. The van der Waals surface area contributed by atoms with Crippen molar-refractivity contribution in [2.45, 2.75) is 6.10 Å². The molecule has 2 rings (SSSR count). The van der Waals surface area contributed by atoms with Crippen LogP contribution in [0.15, 0.2) is 18.2 Å². The molecule has 0 saturated carbocycles. The van der Waals surface area contributed by atoms with Gasteiger partial charge in [0.1, 0.15) is 5.82 Å². The molecular formula is C13H15FN2O5. The number of nitrogens with one attached hydrogen (secondary N) is 1. The van der Waals surface area contributed by atoms with Gasteiger partial charge in [-0.3, -0.25) is 0 Å². The first-order chi connectivity index (χ1) is 10.0. The number of carbonyl (C=O) groups excluding carboxylic acids is 1. The van der Waals surface area contributed by atoms with Gasteiger partial charge in [-0.15, -0.1) is 0 Å². The van der Waals surface area contributed by atoms with Gasteiger partial charge >= 0.3 is 12.0 Å². The van der Waals surface area contributed by atoms with E-state index in [1.54, 1.807) is 0 Å². The highest BCUT2D eigenvalue weighted by Crippen LogP contribution is 2.16. The van der Waals surface area contributed by atoms with Gasteiger partial charge in [-0.2, -0.15) is 0 Å². The third-order valence-electron chi connectivity index (χ3n) is 3.08. The lowest BCUT2D eigenvalue weighted by Crippen LogP contribution is -2.48. The Kier molecular flexibility index (Phi) is 4.71. The summed E-state index contributed by atoms with van der Waals surface area (Å²) in [5.41, 5.74) is -0.297. The van der Waals surface area contributed by atoms with E-state index in [0.29, 0.717) is 13.2 Å². The van der Waals surface area contributed by atoms with E-state index >= 15 is 0 Å². The Hall–Kier alpha value is -2.19. The van der Waals surface area contributed by atoms with Crippen molar-refractivity contribution in [1.82, 2.24) is 4.90 Å². The molecule has 1 aliphatic heterocycles. The normalized spacial score (nSPS) is 18.4. The van der Waals surface area contributed by atoms with Crippen LogP contribution in [0.5, 0.6) is 0 Å². The first-order valence-corrected chi connectivity index (χ1v) is 6.32. The van der Waals surface area contributed by atoms with Crippen LogP contribution in [-0.2, 0) is 4.74 Å². The van der Waals surface area contributed by atoms with Crippen molar-refractivity contribution in [1.29, 1.82) is 0 Å². The van der Waals surface area contributed by atoms with Crippen molar-refractivity contribution >= 4 is 17.7 Å². The molecule has 1 saturated heterocycles. The molecule has 1 heterocycles. The van der Waals surface area contributed by atoms with E-state index in [-0.39, 0.29) is 18.8 Å². The van der Waals surface area contributed by atoms with E-state index in [1.807, 2.05) is 0 Å². The average molecular weight is 298 g/mol. The quantitative estimate of drug-likeness (QED) is 0.764. The van der Waals surface area contributed by atoms with Gasteiger partial charge in [-0.05, 0) is 18.2 Å². The van der Waals surface area contributed by atoms with Gasteiger partial charge in [-0.1, -0.05) is 0 Å². The Labute approximate surface area is 119 Å². The number of morpholine rings is 1. The molecule has 0 spiro atoms. The van der Waals surface area contributed by atoms with Crippen LogP contribution in [0.1, 0.15) is 10.4 Å². The second kappa shape index (κ2) is 6.51. The second-order valence-electron chi connectivity index (χ2n) is 4.55. The lowest BCUT2D eigenvalue weighted by Gasteiger charge is -2.32. The maximum absolute atomic E-state index is 13.5. The van der Waals surface area contributed by atoms with Gasteiger partial charge in [0.05, 0.1) is 31.4 Å². The maximum atomic E-state index is 13.5. The minimum absolute atomic E-state index is 0.162. The van der Waals surface area contributed by atoms with Crippen molar-refractivity contribution in [2.75, 3.05) is 31.6 Å². The molecule has 0 bridgehead atoms. The van der Waals surface area contributed by atoms with Crippen molar-refractivity contribution in [3.05, 3.63) is 29.6 Å². The van der Waals surface area contributed by atoms with Crippen molar-refractivity contribution in [3.63, 3.8) is 0 Å². The first kappa shape index (κ1) is 15.2. The number of hydrogen-bond acceptors (Lipinski definition) is 4. The summed E-state index contributed by atoms with van der Waals surface area (Å²) in [6, 6.07) is 2.89. The van der Waals surface area contributed by atoms with Gasteiger partial charge in [0, 0.05) is 12.2 Å². The van der Waals surface area contributed by atoms with E-state index in [4.69, 9.17) is 14.9 Å². The number of anilines is 1. The van der Waals surface area contributed by atoms with Crippen molar-refractivity contribution in [3.8, 4) is 0 Å². The van der Waals surface area contributed by atoms with Crippen LogP contribution < -0.4 is 5.32 Å². The molecule has 2 amide bonds. The highest BCUT2D eigenvalue weighted by Gasteiger charge is 2.24. The van der Waals surface area contributed by atoms with Gasteiger partial charge < -0.3 is 25.2 Å². The number of aliphatic hydroxyl groups excluding tert-OH is 1. The summed E-state index contributed by atoms with van der Waals surface area (Å²) in [6.07, 6.45) is -0.435. The topological polar surface area (TPSA) is 99.1 Å². The molecule has 0 radical (unpaired) electrons. The van der Waals surface area contributed by atoms with Crippen LogP contribution in [0, 0.1) is 5.82 Å². The SMILES string of the molecule is O=C(O)c1ccc(NC(=O)N2CCOC(CO)C2)cc1F. The van der Waals surface area contributed by atoms with E-state index in [0.717, 1.165) is 12.1 Å². The van der Waals surface area contributed by atoms with Crippen LogP contribution in [0.4, 0.5) is 14.9 Å². The number of rotatable bonds is 3. The van der Waals surface area contributed by atoms with Crippen LogP contribution >= 0.6 is 0 Å². The summed E-state index contributed by atoms with van der Waals surface area (Å²) >= 11 is 0. The van der Waals surface area contributed by atoms with Crippen LogP contribution in [0.2, 0.25) is 0 Å². The molecule has 114 valence electrons. The van der Waals surface area contributed by atoms with Crippen molar-refractivity contribution < 1.29 is 28.9 Å². The summed E-state index contributed by atoms with van der Waals surface area (Å²) in [5.74, 6) is -2.29. The van der Waals surface area contributed by atoms with E-state index in [9.17, 15) is 14.0 Å². The lowest BCUT2D eigenvalue weighted by molar-refractivity contribution is -0.0388. The fourth-order valence-corrected chi connectivity index (χ4v) is 1.98. The highest BCUT2D eigenvalue weighted by molar-refractivity contribution is 5.91. The molecule has 7 nitrogen and oxygen atoms in total. The van der Waals surface area contributed by atoms with Crippen LogP contribution in [0.3, 0.4) is 0 Å². The monoisotopic (exact) mass is 298 g/mol. The number of nitrogens with zero attached hydrogens (tertiary/aromatic N) is 1. The zero-order chi connectivity index (χ0) is 15.4. The molecule has 1 atom stereocenters. The average Bonchev–Trinajstić information content (AvgIpc) is 2.47. The number of aromatic carboxylic acids is 1. The van der Waals surface area contributed by atoms with E-state index < -0.39 is 29.5 Å². The molecule has 0 aliphatic carbocycles. The number of hydrogen-bond donors (Lipinski definition) is 3. The second-order valence-corrected chi connectivity index (χ2v) is 4.55. The van der Waals surface area contributed by atoms with Gasteiger partial charge in [0.2, 0.25) is 0 Å². The lowest BCUT2D eigenvalue weighted by atomic mass is 10.2. The van der Waals surface area contributed by atoms with Gasteiger partial charge in [0.25, 0.3) is 0 Å². The summed E-state index contributed by atoms with van der Waals surface area (Å²) in [5, 5.41) is 20.2. The largest absolute Gasteiger partial charge is 0.478 e. The number of aliphatic hydroxyl groups is 1. The number of amides is 2. The third-order valence-corrected chi connectivity index (χ3v) is 3.08. The Bertz CT molecular complexity index is 551. The molecule has 0 aromatic heterocycles. The molecule has 1 aliphatic rings. The zero-order valence-corrected chi connectivity index (χ0v) is 11.1. The number of urea groups is 1. The Balaban J connectivity index is 2.02. The maximum Gasteiger partial charge on any atom is 0.338 e. The molecule has 1 unspecified atom stereocenters. The standard InChI is InChI=1S/C13H15FN2O5/c14-11-5-8(1-2-10(11)12(18)19)15-13(20)16-3-4-21-9(6-16)7-17/h1-2,5,9,17H,3-4,6-7H2,(H,15,20)(H,18,19). The molecular weight excluding hydrogens is 283 g/mol. The predicted octanol–water partition coefficient (Wildman–Crippen LogP) is 0.749. The minimum Gasteiger partial charge on any atom is -0.478 e. The van der Waals surface area contributed by atoms with Crippen LogP contribution in [0.25, 0.3) is 0 Å². The zero-order valence-electron chi connectivity index (χ0n) is 11.1. The summed E-state index contributed by atoms with van der Waals surface area (Å²) in [4.78, 5) is 24.1. The Morgan fingerprint density at radius 3 is 2.86 bits per heavy atom. The minimum atomic E-state index is -1.37. The number of carbonyl (C=O) groups is 2. The predicted molar refractivity (Wildman–Crippen MR) is 70.8 cm³/mol. The Morgan fingerprint density at radius 1 is 1.48 bits per heavy atom. The highest BCUT2D eigenvalue weighted by atomic mass is 19.1. The molecule has 3 N–H and O–H groups in total. The Morgan fingerprint density at radius 2 is 2.24 bits per heavy atom. The molecule has 1 aromatic rings. The number of ether oxygens (including phenoxy) is 1. The number of benzene rings is 1. The molecule has 1 fully saturated rings. The third kappa shape index (κ3) is 3.67. The van der Waals surface area contributed by atoms with Crippen molar-refractivity contribution in [2.24, 2.45) is 0 Å². The van der Waals surface area contributed by atoms with E-state index in [1.165, 1.54) is 11.0 Å². The summed E-state index contributed by atoms with van der Waals surface area (Å²) in [6.45, 7) is 0.715. The number of halogens is 1. The summed E-state index contributed by atoms with van der Waals surface area (Å²) in [7, 11) is 0. The number of carboxylic acids is 1. The molecule has 21 heavy (non-hydrogen) atoms. The summed E-state index contributed by atoms with van der Waals surface area (Å²) < 4.78 is 18.7. The van der Waals surface area contributed by atoms with E-state index in [2.05, 4.69) is 5.32 Å². The molecule has 1 aromatic carbocycles. The smallest absolute Gasteiger partial charge is 0.338 e. The van der Waals surface area contributed by atoms with Gasteiger partial charge in [0.15, 0.2) is 0 Å². The van der Waals surface area contributed by atoms with Gasteiger partial charge in [-0.25, -0.2) is 14.0 Å². The van der Waals surface area contributed by atoms with Crippen LogP contribution in [-0.4, -0.2) is 59.5 Å². The fraction of sp³-hybridized carbons (Fsp3) is 0.385. The fourth-order valence-electron chi connectivity index (χ4n) is 1.98.